The molecule has 0 radical (unpaired) electrons. The highest BCUT2D eigenvalue weighted by molar-refractivity contribution is 5.11. The Morgan fingerprint density at radius 1 is 0.356 bits per heavy atom. The van der Waals surface area contributed by atoms with Crippen LogP contribution in [0.5, 0.6) is 0 Å². The van der Waals surface area contributed by atoms with Gasteiger partial charge in [0.25, 0.3) is 0 Å². The van der Waals surface area contributed by atoms with Crippen molar-refractivity contribution in [3.05, 3.63) is 20.8 Å². The molecule has 0 aromatic heterocycles. The SMILES string of the molecule is CC1CC(C)(C)N([O-])C(C)(C)C1.CC1CC(C)(C)N([O-])C1(C)C.CC1CC2(CCCCC2)N([O-])C2(CCCCC2)C1.CC1CC2(CCOCC2)N([O-])C2(CCOCC2)C1. The van der Waals surface area contributed by atoms with Crippen LogP contribution < -0.4 is 0 Å². The zero-order valence-corrected chi connectivity index (χ0v) is 40.2. The topological polar surface area (TPSA) is 124 Å². The summed E-state index contributed by atoms with van der Waals surface area (Å²) in [6.07, 6.45) is 23.6. The molecule has 6 aliphatic heterocycles. The Hall–Kier alpha value is -0.400. The third kappa shape index (κ3) is 10.8. The lowest BCUT2D eigenvalue weighted by molar-refractivity contribution is -0.130. The monoisotopic (exact) mass is 831 g/mol. The minimum atomic E-state index is -0.179. The highest BCUT2D eigenvalue weighted by atomic mass is 16.5. The van der Waals surface area contributed by atoms with Crippen molar-refractivity contribution in [1.82, 2.24) is 20.3 Å². The summed E-state index contributed by atoms with van der Waals surface area (Å²) in [5.41, 5.74) is -0.921. The minimum Gasteiger partial charge on any atom is -0.784 e. The number of ether oxygens (including phenoxy) is 2. The fraction of sp³-hybridized carbons (Fsp3) is 1.00. The van der Waals surface area contributed by atoms with Gasteiger partial charge < -0.3 is 50.6 Å². The van der Waals surface area contributed by atoms with Crippen molar-refractivity contribution in [2.24, 2.45) is 23.7 Å². The Morgan fingerprint density at radius 3 is 0.915 bits per heavy atom. The molecule has 6 heterocycles. The summed E-state index contributed by atoms with van der Waals surface area (Å²) < 4.78 is 10.9. The maximum atomic E-state index is 13.1. The maximum Gasteiger partial charge on any atom is 0.0483 e. The average Bonchev–Trinajstić information content (AvgIpc) is 3.30. The summed E-state index contributed by atoms with van der Waals surface area (Å²) in [6, 6.07) is 0. The van der Waals surface area contributed by atoms with Crippen molar-refractivity contribution in [2.45, 2.75) is 262 Å². The van der Waals surface area contributed by atoms with Gasteiger partial charge in [-0.25, -0.2) is 0 Å². The van der Waals surface area contributed by atoms with E-state index in [2.05, 4.69) is 27.7 Å². The molecule has 0 N–H and O–H groups in total. The molecule has 0 amide bonds. The molecule has 10 heteroatoms. The first-order chi connectivity index (χ1) is 27.4. The summed E-state index contributed by atoms with van der Waals surface area (Å²) >= 11 is 0. The average molecular weight is 831 g/mol. The van der Waals surface area contributed by atoms with Crippen molar-refractivity contribution in [3.8, 4) is 0 Å². The van der Waals surface area contributed by atoms with Gasteiger partial charge in [0, 0.05) is 70.7 Å². The molecule has 2 saturated carbocycles. The van der Waals surface area contributed by atoms with E-state index in [4.69, 9.17) is 9.47 Å². The molecule has 346 valence electrons. The van der Waals surface area contributed by atoms with Crippen LogP contribution >= 0.6 is 0 Å². The lowest BCUT2D eigenvalue weighted by Crippen LogP contribution is -2.65. The quantitative estimate of drug-likeness (QED) is 0.233. The van der Waals surface area contributed by atoms with Crippen LogP contribution in [0.2, 0.25) is 0 Å². The summed E-state index contributed by atoms with van der Waals surface area (Å²) in [5, 5.41) is 55.4. The van der Waals surface area contributed by atoms with Gasteiger partial charge in [0.15, 0.2) is 0 Å². The zero-order chi connectivity index (χ0) is 43.7. The standard InChI is InChI=1S/C16H28NO.C14H24NO3.C10H20NO.C9H18NO/c1-14-12-15(8-4-2-5-9-15)17(18)16(13-14)10-6-3-7-11-16;1-12-10-13(2-6-17-7-3-13)15(16)14(11-12)4-8-18-9-5-14;1-8-6-9(2,3)11(12)10(4,5)7-8;1-7-6-8(2,3)10(11)9(7,4)5/h14H,2-13H2,1H3;12H,2-11H2,1H3;8H,6-7H2,1-5H3;7H,6H2,1-5H3/q4*-1. The molecule has 0 aromatic rings. The molecule has 8 aliphatic rings. The number of hydrogen-bond acceptors (Lipinski definition) is 10. The van der Waals surface area contributed by atoms with E-state index in [1.165, 1.54) is 79.4 Å². The van der Waals surface area contributed by atoms with Gasteiger partial charge in [0.05, 0.1) is 0 Å². The molecule has 4 spiro atoms. The van der Waals surface area contributed by atoms with Gasteiger partial charge in [0.1, 0.15) is 0 Å². The van der Waals surface area contributed by atoms with Gasteiger partial charge in [-0.2, -0.15) is 0 Å². The normalized spacial score (nSPS) is 33.1. The van der Waals surface area contributed by atoms with E-state index in [0.717, 1.165) is 103 Å². The molecule has 8 rings (SSSR count). The van der Waals surface area contributed by atoms with Crippen LogP contribution in [-0.2, 0) is 9.47 Å². The van der Waals surface area contributed by atoms with Gasteiger partial charge in [-0.05, 0) is 175 Å². The van der Waals surface area contributed by atoms with Gasteiger partial charge in [-0.1, -0.05) is 66.2 Å². The Balaban J connectivity index is 0.000000153. The van der Waals surface area contributed by atoms with Crippen molar-refractivity contribution in [2.75, 3.05) is 26.4 Å². The van der Waals surface area contributed by atoms with Crippen LogP contribution in [0.3, 0.4) is 0 Å². The first-order valence-electron chi connectivity index (χ1n) is 24.4. The van der Waals surface area contributed by atoms with Crippen molar-refractivity contribution < 1.29 is 9.47 Å². The largest absolute Gasteiger partial charge is 0.784 e. The van der Waals surface area contributed by atoms with Crippen molar-refractivity contribution in [3.63, 3.8) is 0 Å². The molecule has 1 unspecified atom stereocenters. The highest BCUT2D eigenvalue weighted by Gasteiger charge is 2.51. The van der Waals surface area contributed by atoms with Gasteiger partial charge >= 0.3 is 0 Å². The van der Waals surface area contributed by atoms with E-state index in [1.54, 1.807) is 5.06 Å². The Kier molecular flexibility index (Phi) is 16.0. The first kappa shape index (κ1) is 49.6. The Labute approximate surface area is 361 Å². The first-order valence-corrected chi connectivity index (χ1v) is 24.4. The molecular formula is C49H90N4O6-4. The van der Waals surface area contributed by atoms with Crippen LogP contribution in [-0.4, -0.2) is 91.0 Å². The van der Waals surface area contributed by atoms with Gasteiger partial charge in [-0.3, -0.25) is 0 Å². The van der Waals surface area contributed by atoms with E-state index in [9.17, 15) is 20.8 Å². The van der Waals surface area contributed by atoms with E-state index >= 15 is 0 Å². The molecule has 0 bridgehead atoms. The van der Waals surface area contributed by atoms with Crippen LogP contribution in [0.1, 0.15) is 218 Å². The van der Waals surface area contributed by atoms with Crippen LogP contribution in [0.15, 0.2) is 0 Å². The summed E-state index contributed by atoms with van der Waals surface area (Å²) in [6.45, 7) is 28.3. The Morgan fingerprint density at radius 2 is 0.644 bits per heavy atom. The maximum absolute atomic E-state index is 13.1. The number of hydrogen-bond donors (Lipinski definition) is 0. The number of nitrogens with zero attached hydrogens (tertiary/aromatic N) is 4. The van der Waals surface area contributed by atoms with Crippen LogP contribution in [0.25, 0.3) is 0 Å². The second-order valence-electron chi connectivity index (χ2n) is 24.2. The molecule has 1 atom stereocenters. The molecule has 0 aromatic carbocycles. The van der Waals surface area contributed by atoms with Crippen LogP contribution in [0.4, 0.5) is 0 Å². The predicted octanol–water partition coefficient (Wildman–Crippen LogP) is 12.1. The number of piperidine rings is 3. The van der Waals surface area contributed by atoms with E-state index in [1.807, 2.05) is 55.4 Å². The lowest BCUT2D eigenvalue weighted by Gasteiger charge is -2.66. The molecule has 8 fully saturated rings. The Bertz CT molecular complexity index is 1180. The summed E-state index contributed by atoms with van der Waals surface area (Å²) in [7, 11) is 0. The molecule has 6 saturated heterocycles. The fourth-order valence-electron chi connectivity index (χ4n) is 14.5. The molecule has 2 aliphatic carbocycles. The number of hydroxylamine groups is 8. The smallest absolute Gasteiger partial charge is 0.0483 e. The van der Waals surface area contributed by atoms with E-state index in [0.29, 0.717) is 17.8 Å². The van der Waals surface area contributed by atoms with Gasteiger partial charge in [0.2, 0.25) is 0 Å². The predicted molar refractivity (Wildman–Crippen MR) is 243 cm³/mol. The molecule has 10 nitrogen and oxygen atoms in total. The van der Waals surface area contributed by atoms with E-state index < -0.39 is 0 Å². The highest BCUT2D eigenvalue weighted by Crippen LogP contribution is 2.53. The summed E-state index contributed by atoms with van der Waals surface area (Å²) in [5.74, 6) is 2.56. The third-order valence-corrected chi connectivity index (χ3v) is 16.9. The molecular weight excluding hydrogens is 741 g/mol. The number of rotatable bonds is 0. The minimum absolute atomic E-state index is 0.0350. The second-order valence-corrected chi connectivity index (χ2v) is 24.2. The van der Waals surface area contributed by atoms with Crippen molar-refractivity contribution >= 4 is 0 Å². The third-order valence-electron chi connectivity index (χ3n) is 16.9. The second kappa shape index (κ2) is 19.0. The van der Waals surface area contributed by atoms with E-state index in [-0.39, 0.29) is 44.3 Å². The van der Waals surface area contributed by atoms with Crippen LogP contribution in [0, 0.1) is 44.5 Å². The molecule has 59 heavy (non-hydrogen) atoms. The summed E-state index contributed by atoms with van der Waals surface area (Å²) in [4.78, 5) is 0. The van der Waals surface area contributed by atoms with Gasteiger partial charge in [-0.15, -0.1) is 0 Å². The fourth-order valence-corrected chi connectivity index (χ4v) is 14.5. The zero-order valence-electron chi connectivity index (χ0n) is 40.2. The van der Waals surface area contributed by atoms with Crippen molar-refractivity contribution in [1.29, 1.82) is 0 Å². The lowest BCUT2D eigenvalue weighted by atomic mass is 9.64.